The maximum absolute atomic E-state index is 11.2. The number of hydrogen-bond acceptors (Lipinski definition) is 4. The summed E-state index contributed by atoms with van der Waals surface area (Å²) in [5.41, 5.74) is 8.64. The Morgan fingerprint density at radius 2 is 0.855 bits per heavy atom. The van der Waals surface area contributed by atoms with Crippen molar-refractivity contribution in [3.63, 3.8) is 0 Å². The first-order chi connectivity index (χ1) is 30.2. The van der Waals surface area contributed by atoms with Crippen molar-refractivity contribution >= 4 is 88.9 Å². The Labute approximate surface area is 367 Å². The normalized spacial score (nSPS) is 11.9. The molecule has 0 spiro atoms. The lowest BCUT2D eigenvalue weighted by Crippen LogP contribution is -2.09. The van der Waals surface area contributed by atoms with Crippen molar-refractivity contribution in [3.05, 3.63) is 216 Å². The molecule has 5 aromatic carbocycles. The minimum Gasteiger partial charge on any atom is -0.486 e. The molecule has 0 amide bonds. The van der Waals surface area contributed by atoms with Gasteiger partial charge in [0, 0.05) is 26.8 Å². The van der Waals surface area contributed by atoms with Crippen LogP contribution in [0.2, 0.25) is 0 Å². The van der Waals surface area contributed by atoms with Crippen molar-refractivity contribution in [2.45, 2.75) is 39.0 Å². The van der Waals surface area contributed by atoms with Crippen molar-refractivity contribution in [1.82, 2.24) is 0 Å². The van der Waals surface area contributed by atoms with Crippen LogP contribution in [0.4, 0.5) is 17.1 Å². The van der Waals surface area contributed by atoms with Crippen LogP contribution in [0, 0.1) is 13.1 Å². The Morgan fingerprint density at radius 1 is 0.500 bits per heavy atom. The largest absolute Gasteiger partial charge is 0.486 e. The van der Waals surface area contributed by atoms with Gasteiger partial charge in [0.05, 0.1) is 13.1 Å². The van der Waals surface area contributed by atoms with Gasteiger partial charge in [-0.2, -0.15) is 0 Å². The molecule has 62 heavy (non-hydrogen) atoms. The first-order valence-electron chi connectivity index (χ1n) is 20.3. The average Bonchev–Trinajstić information content (AvgIpc) is 3.76. The molecule has 0 fully saturated rings. The summed E-state index contributed by atoms with van der Waals surface area (Å²) in [7, 11) is 0. The summed E-state index contributed by atoms with van der Waals surface area (Å²) in [5, 5.41) is 18.3. The van der Waals surface area contributed by atoms with E-state index in [4.69, 9.17) is 23.4 Å². The zero-order valence-corrected chi connectivity index (χ0v) is 35.1. The highest BCUT2D eigenvalue weighted by Crippen LogP contribution is 2.35. The van der Waals surface area contributed by atoms with Crippen LogP contribution in [0.25, 0.3) is 58.3 Å². The maximum Gasteiger partial charge on any atom is 0.333 e. The fourth-order valence-corrected chi connectivity index (χ4v) is 7.52. The number of benzene rings is 5. The number of rotatable bonds is 18. The SMILES string of the molecule is [C-]#[N+]C(=Cc1ccc(C=Cc2ccc(N(c3ccc(C=Cc4ccc(C=C([N+]#[C-])C(=O)O)cc4)cc3)c3ccc(C=Cc4ccc(CCCCCC)s4)cc3)cc2)cc1)C(=O)O. The molecule has 0 bridgehead atoms. The van der Waals surface area contributed by atoms with Gasteiger partial charge in [0.2, 0.25) is 0 Å². The Hall–Kier alpha value is -7.78. The van der Waals surface area contributed by atoms with Gasteiger partial charge in [-0.15, -0.1) is 11.3 Å². The van der Waals surface area contributed by atoms with E-state index < -0.39 is 11.9 Å². The Bertz CT molecular complexity index is 2570. The lowest BCUT2D eigenvalue weighted by atomic mass is 10.1. The van der Waals surface area contributed by atoms with Crippen LogP contribution in [0.3, 0.4) is 0 Å². The summed E-state index contributed by atoms with van der Waals surface area (Å²) in [6.45, 7) is 16.4. The maximum atomic E-state index is 11.2. The molecule has 0 aliphatic carbocycles. The van der Waals surface area contributed by atoms with E-state index in [-0.39, 0.29) is 11.4 Å². The van der Waals surface area contributed by atoms with Crippen LogP contribution in [0.5, 0.6) is 0 Å². The third-order valence-electron chi connectivity index (χ3n) is 9.95. The highest BCUT2D eigenvalue weighted by molar-refractivity contribution is 7.12. The van der Waals surface area contributed by atoms with E-state index in [1.807, 2.05) is 59.9 Å². The quantitative estimate of drug-likeness (QED) is 0.0390. The van der Waals surface area contributed by atoms with E-state index >= 15 is 0 Å². The van der Waals surface area contributed by atoms with E-state index in [2.05, 4.69) is 119 Å². The van der Waals surface area contributed by atoms with Crippen LogP contribution in [-0.4, -0.2) is 22.2 Å². The number of carbonyl (C=O) groups is 2. The van der Waals surface area contributed by atoms with Crippen LogP contribution in [0.1, 0.15) is 81.3 Å². The molecule has 1 heterocycles. The van der Waals surface area contributed by atoms with E-state index in [9.17, 15) is 9.59 Å². The van der Waals surface area contributed by atoms with E-state index in [0.717, 1.165) is 51.3 Å². The molecule has 0 saturated carbocycles. The number of carboxylic acids is 2. The van der Waals surface area contributed by atoms with Gasteiger partial charge in [0.25, 0.3) is 11.4 Å². The predicted octanol–water partition coefficient (Wildman–Crippen LogP) is 14.5. The van der Waals surface area contributed by atoms with Gasteiger partial charge in [-0.1, -0.05) is 141 Å². The summed E-state index contributed by atoms with van der Waals surface area (Å²) in [6.07, 6.45) is 21.3. The fourth-order valence-electron chi connectivity index (χ4n) is 6.56. The molecule has 0 radical (unpaired) electrons. The molecule has 0 unspecified atom stereocenters. The van der Waals surface area contributed by atoms with Crippen LogP contribution in [-0.2, 0) is 16.0 Å². The molecule has 2 N–H and O–H groups in total. The lowest BCUT2D eigenvalue weighted by Gasteiger charge is -2.26. The van der Waals surface area contributed by atoms with Crippen LogP contribution >= 0.6 is 11.3 Å². The molecule has 0 atom stereocenters. The number of hydrogen-bond donors (Lipinski definition) is 2. The second-order valence-corrected chi connectivity index (χ2v) is 15.7. The number of carboxylic acid groups (broad SMARTS) is 2. The summed E-state index contributed by atoms with van der Waals surface area (Å²) in [4.78, 5) is 33.5. The number of anilines is 3. The number of nitrogens with zero attached hydrogens (tertiary/aromatic N) is 3. The van der Waals surface area contributed by atoms with E-state index in [1.54, 1.807) is 24.3 Å². The summed E-state index contributed by atoms with van der Waals surface area (Å²) >= 11 is 1.86. The average molecular weight is 832 g/mol. The summed E-state index contributed by atoms with van der Waals surface area (Å²) in [6, 6.07) is 44.4. The van der Waals surface area contributed by atoms with Crippen molar-refractivity contribution in [3.8, 4) is 0 Å². The molecule has 0 saturated heterocycles. The third kappa shape index (κ3) is 12.6. The van der Waals surface area contributed by atoms with Gasteiger partial charge in [-0.05, 0) is 119 Å². The topological polar surface area (TPSA) is 86.6 Å². The molecule has 1 aromatic heterocycles. The monoisotopic (exact) mass is 831 g/mol. The molecule has 306 valence electrons. The Balaban J connectivity index is 1.21. The van der Waals surface area contributed by atoms with Crippen molar-refractivity contribution in [2.75, 3.05) is 4.90 Å². The molecule has 0 aliphatic heterocycles. The van der Waals surface area contributed by atoms with Gasteiger partial charge < -0.3 is 15.1 Å². The Morgan fingerprint density at radius 3 is 1.21 bits per heavy atom. The van der Waals surface area contributed by atoms with Gasteiger partial charge in [-0.3, -0.25) is 9.59 Å². The molecule has 6 aromatic rings. The molecule has 6 rings (SSSR count). The van der Waals surface area contributed by atoms with Crippen molar-refractivity contribution in [1.29, 1.82) is 0 Å². The van der Waals surface area contributed by atoms with Crippen LogP contribution < -0.4 is 4.90 Å². The predicted molar refractivity (Wildman–Crippen MR) is 257 cm³/mol. The van der Waals surface area contributed by atoms with E-state index in [0.29, 0.717) is 11.1 Å². The third-order valence-corrected chi connectivity index (χ3v) is 11.1. The highest BCUT2D eigenvalue weighted by Gasteiger charge is 2.13. The minimum absolute atomic E-state index is 0.328. The number of thiophene rings is 1. The van der Waals surface area contributed by atoms with Crippen molar-refractivity contribution in [2.24, 2.45) is 0 Å². The second-order valence-electron chi connectivity index (χ2n) is 14.5. The Kier molecular flexibility index (Phi) is 15.5. The fraction of sp³-hybridized carbons (Fsp3) is 0.111. The van der Waals surface area contributed by atoms with Crippen molar-refractivity contribution < 1.29 is 19.8 Å². The molecule has 0 aliphatic rings. The van der Waals surface area contributed by atoms with E-state index in [1.165, 1.54) is 47.6 Å². The highest BCUT2D eigenvalue weighted by atomic mass is 32.1. The van der Waals surface area contributed by atoms with Gasteiger partial charge in [-0.25, -0.2) is 9.69 Å². The van der Waals surface area contributed by atoms with Gasteiger partial charge in [0.1, 0.15) is 0 Å². The zero-order chi connectivity index (χ0) is 43.7. The van der Waals surface area contributed by atoms with Gasteiger partial charge >= 0.3 is 11.9 Å². The molecule has 7 nitrogen and oxygen atoms in total. The zero-order valence-electron chi connectivity index (χ0n) is 34.3. The van der Waals surface area contributed by atoms with Gasteiger partial charge in [0.15, 0.2) is 0 Å². The first kappa shape index (κ1) is 43.8. The smallest absolute Gasteiger partial charge is 0.333 e. The number of aliphatic carboxylic acids is 2. The second kappa shape index (κ2) is 22.0. The minimum atomic E-state index is -1.25. The standard InChI is InChI=1S/C54H45N3O4S/c1-4-5-6-7-8-49-35-36-50(62-49)34-27-43-25-32-48(33-26-43)57(46-28-21-41(22-29-46)11-9-39-13-17-44(18-14-39)37-51(55-2)53(58)59)47-30-23-42(24-31-47)12-10-40-15-19-45(20-16-40)38-52(56-3)54(60)61/h9-38H,4-8H2,1H3,(H,58,59)(H,60,61). The summed E-state index contributed by atoms with van der Waals surface area (Å²) in [5.74, 6) is -2.49. The lowest BCUT2D eigenvalue weighted by molar-refractivity contribution is -0.133. The summed E-state index contributed by atoms with van der Waals surface area (Å²) < 4.78 is 0. The van der Waals surface area contributed by atoms with Crippen LogP contribution in [0.15, 0.2) is 145 Å². The molecular formula is C54H45N3O4S. The number of aryl methyl sites for hydroxylation is 1. The number of unbranched alkanes of at least 4 members (excludes halogenated alkanes) is 3. The molecular weight excluding hydrogens is 787 g/mol. The molecule has 8 heteroatoms. The first-order valence-corrected chi connectivity index (χ1v) is 21.1.